The van der Waals surface area contributed by atoms with Crippen LogP contribution in [0.15, 0.2) is 59.7 Å². The van der Waals surface area contributed by atoms with Gasteiger partial charge in [0.25, 0.3) is 0 Å². The van der Waals surface area contributed by atoms with Crippen LogP contribution >= 0.6 is 0 Å². The van der Waals surface area contributed by atoms with E-state index in [9.17, 15) is 14.8 Å². The van der Waals surface area contributed by atoms with E-state index in [1.54, 1.807) is 54.6 Å². The van der Waals surface area contributed by atoms with Crippen molar-refractivity contribution in [2.75, 3.05) is 5.43 Å². The van der Waals surface area contributed by atoms with Crippen LogP contribution in [0, 0.1) is 5.21 Å². The lowest BCUT2D eigenvalue weighted by Crippen LogP contribution is -3.05. The zero-order chi connectivity index (χ0) is 20.0. The molecule has 0 aromatic heterocycles. The maximum absolute atomic E-state index is 12.3. The Morgan fingerprint density at radius 2 is 1.26 bits per heavy atom. The van der Waals surface area contributed by atoms with Gasteiger partial charge in [0.05, 0.1) is 5.69 Å². The van der Waals surface area contributed by atoms with Gasteiger partial charge in [-0.3, -0.25) is 0 Å². The molecule has 0 aliphatic heterocycles. The largest absolute Gasteiger partial charge is 0.603 e. The lowest BCUT2D eigenvalue weighted by atomic mass is 10.1. The molecular weight excluding hydrogens is 348 g/mol. The van der Waals surface area contributed by atoms with E-state index < -0.39 is 11.9 Å². The Morgan fingerprint density at radius 1 is 0.852 bits per heavy atom. The normalized spacial score (nSPS) is 13.1. The molecule has 0 bridgehead atoms. The minimum absolute atomic E-state index is 0.208. The Morgan fingerprint density at radius 3 is 1.67 bits per heavy atom. The molecule has 4 N–H and O–H groups in total. The van der Waals surface area contributed by atoms with Crippen LogP contribution in [0.5, 0.6) is 0 Å². The van der Waals surface area contributed by atoms with Crippen molar-refractivity contribution < 1.29 is 25.0 Å². The SMILES string of the molecule is CC(=Cc1ccc(N[NH+]([O-])c2ccc(C=C(C)C(=O)O)cc2)cc1)C(=O)O. The minimum Gasteiger partial charge on any atom is -0.603 e. The maximum atomic E-state index is 12.3. The highest BCUT2D eigenvalue weighted by molar-refractivity contribution is 5.92. The summed E-state index contributed by atoms with van der Waals surface area (Å²) in [5.74, 6) is -1.97. The van der Waals surface area contributed by atoms with Gasteiger partial charge < -0.3 is 15.4 Å². The molecule has 0 aliphatic rings. The first kappa shape index (κ1) is 19.9. The van der Waals surface area contributed by atoms with E-state index in [1.165, 1.54) is 19.9 Å². The standard InChI is InChI=1S/C20H20N2O5/c1-13(19(23)24)11-15-3-7-17(8-4-15)21-22(27)18-9-5-16(6-10-18)12-14(2)20(25)26/h3-12,21-22H,1-2H3,(H,23,24)(H,25,26). The van der Waals surface area contributed by atoms with Gasteiger partial charge in [-0.15, -0.1) is 0 Å². The number of carboxylic acid groups (broad SMARTS) is 2. The van der Waals surface area contributed by atoms with Gasteiger partial charge in [0.2, 0.25) is 0 Å². The number of nitrogens with one attached hydrogen (secondary N) is 2. The van der Waals surface area contributed by atoms with E-state index in [4.69, 9.17) is 10.2 Å². The molecule has 2 rings (SSSR count). The molecule has 140 valence electrons. The molecule has 0 saturated heterocycles. The topological polar surface area (TPSA) is 114 Å². The number of hydrogen-bond acceptors (Lipinski definition) is 4. The van der Waals surface area contributed by atoms with Crippen molar-refractivity contribution in [1.82, 2.24) is 0 Å². The second-order valence-corrected chi connectivity index (χ2v) is 5.96. The van der Waals surface area contributed by atoms with Gasteiger partial charge in [-0.05, 0) is 61.4 Å². The number of rotatable bonds is 7. The van der Waals surface area contributed by atoms with E-state index in [1.807, 2.05) is 0 Å². The molecule has 0 amide bonds. The minimum atomic E-state index is -0.992. The van der Waals surface area contributed by atoms with E-state index >= 15 is 0 Å². The molecule has 0 spiro atoms. The molecule has 27 heavy (non-hydrogen) atoms. The molecule has 0 aliphatic carbocycles. The van der Waals surface area contributed by atoms with Gasteiger partial charge in [0.1, 0.15) is 0 Å². The van der Waals surface area contributed by atoms with Gasteiger partial charge in [-0.25, -0.2) is 20.2 Å². The van der Waals surface area contributed by atoms with Crippen LogP contribution < -0.4 is 10.6 Å². The number of carbonyl (C=O) groups is 2. The van der Waals surface area contributed by atoms with Gasteiger partial charge in [0.15, 0.2) is 5.69 Å². The molecule has 1 unspecified atom stereocenters. The van der Waals surface area contributed by atoms with Crippen molar-refractivity contribution in [1.29, 1.82) is 0 Å². The van der Waals surface area contributed by atoms with Crippen LogP contribution in [0.25, 0.3) is 12.2 Å². The first-order valence-electron chi connectivity index (χ1n) is 8.11. The fourth-order valence-corrected chi connectivity index (χ4v) is 2.22. The molecule has 0 radical (unpaired) electrons. The Kier molecular flexibility index (Phi) is 6.48. The van der Waals surface area contributed by atoms with Crippen LogP contribution in [0.4, 0.5) is 11.4 Å². The van der Waals surface area contributed by atoms with Crippen molar-refractivity contribution >= 4 is 35.5 Å². The molecule has 1 atom stereocenters. The first-order valence-corrected chi connectivity index (χ1v) is 8.11. The Hall–Kier alpha value is -3.42. The van der Waals surface area contributed by atoms with Crippen molar-refractivity contribution in [3.05, 3.63) is 76.0 Å². The zero-order valence-corrected chi connectivity index (χ0v) is 14.9. The zero-order valence-electron chi connectivity index (χ0n) is 14.9. The van der Waals surface area contributed by atoms with Crippen molar-refractivity contribution in [3.63, 3.8) is 0 Å². The summed E-state index contributed by atoms with van der Waals surface area (Å²) in [6, 6.07) is 13.4. The van der Waals surface area contributed by atoms with E-state index in [0.29, 0.717) is 16.9 Å². The summed E-state index contributed by atoms with van der Waals surface area (Å²) < 4.78 is 0. The second kappa shape index (κ2) is 8.79. The summed E-state index contributed by atoms with van der Waals surface area (Å²) in [6.07, 6.45) is 3.06. The van der Waals surface area contributed by atoms with Crippen molar-refractivity contribution in [2.24, 2.45) is 0 Å². The highest BCUT2D eigenvalue weighted by atomic mass is 16.5. The van der Waals surface area contributed by atoms with Gasteiger partial charge in [-0.1, -0.05) is 12.1 Å². The first-order chi connectivity index (χ1) is 12.8. The summed E-state index contributed by atoms with van der Waals surface area (Å²) in [5.41, 5.74) is 5.61. The third-order valence-corrected chi connectivity index (χ3v) is 3.78. The Balaban J connectivity index is 2.05. The third kappa shape index (κ3) is 5.81. The van der Waals surface area contributed by atoms with E-state index in [-0.39, 0.29) is 16.3 Å². The van der Waals surface area contributed by atoms with Crippen molar-refractivity contribution in [3.8, 4) is 0 Å². The lowest BCUT2D eigenvalue weighted by Gasteiger charge is -2.22. The fraction of sp³-hybridized carbons (Fsp3) is 0.100. The molecule has 7 heteroatoms. The fourth-order valence-electron chi connectivity index (χ4n) is 2.22. The number of quaternary nitrogens is 1. The van der Waals surface area contributed by atoms with Crippen LogP contribution in [0.1, 0.15) is 25.0 Å². The van der Waals surface area contributed by atoms with Gasteiger partial charge in [0, 0.05) is 23.3 Å². The second-order valence-electron chi connectivity index (χ2n) is 5.96. The van der Waals surface area contributed by atoms with Crippen LogP contribution in [0.3, 0.4) is 0 Å². The number of aliphatic carboxylic acids is 2. The summed E-state index contributed by atoms with van der Waals surface area (Å²) in [5, 5.41) is 29.8. The third-order valence-electron chi connectivity index (χ3n) is 3.78. The predicted molar refractivity (Wildman–Crippen MR) is 103 cm³/mol. The average molecular weight is 368 g/mol. The molecular formula is C20H20N2O5. The summed E-state index contributed by atoms with van der Waals surface area (Å²) in [7, 11) is 0. The highest BCUT2D eigenvalue weighted by Gasteiger charge is 2.05. The molecule has 0 saturated carbocycles. The molecule has 2 aromatic carbocycles. The summed E-state index contributed by atoms with van der Waals surface area (Å²) >= 11 is 0. The van der Waals surface area contributed by atoms with Crippen molar-refractivity contribution in [2.45, 2.75) is 13.8 Å². The van der Waals surface area contributed by atoms with E-state index in [0.717, 1.165) is 5.56 Å². The van der Waals surface area contributed by atoms with E-state index in [2.05, 4.69) is 5.43 Å². The lowest BCUT2D eigenvalue weighted by molar-refractivity contribution is -0.749. The number of carboxylic acids is 2. The summed E-state index contributed by atoms with van der Waals surface area (Å²) in [4.78, 5) is 21.7. The van der Waals surface area contributed by atoms with Crippen LogP contribution in [-0.2, 0) is 9.59 Å². The average Bonchev–Trinajstić information content (AvgIpc) is 2.63. The smallest absolute Gasteiger partial charge is 0.331 e. The quantitative estimate of drug-likeness (QED) is 0.441. The molecule has 7 nitrogen and oxygen atoms in total. The monoisotopic (exact) mass is 368 g/mol. The maximum Gasteiger partial charge on any atom is 0.331 e. The molecule has 0 fully saturated rings. The number of hydrogen-bond donors (Lipinski definition) is 4. The highest BCUT2D eigenvalue weighted by Crippen LogP contribution is 2.13. The van der Waals surface area contributed by atoms with Gasteiger partial charge >= 0.3 is 11.9 Å². The Labute approximate surface area is 156 Å². The summed E-state index contributed by atoms with van der Waals surface area (Å²) in [6.45, 7) is 3.01. The van der Waals surface area contributed by atoms with Crippen LogP contribution in [0.2, 0.25) is 0 Å². The predicted octanol–water partition coefficient (Wildman–Crippen LogP) is 2.70. The molecule has 0 heterocycles. The van der Waals surface area contributed by atoms with Crippen LogP contribution in [-0.4, -0.2) is 22.2 Å². The molecule has 2 aromatic rings. The van der Waals surface area contributed by atoms with Gasteiger partial charge in [-0.2, -0.15) is 0 Å². The Bertz CT molecular complexity index is 884. The number of benzene rings is 2. The number of anilines is 1.